The summed E-state index contributed by atoms with van der Waals surface area (Å²) in [5, 5.41) is 27.4. The average molecular weight is 557 g/mol. The molecule has 9 nitrogen and oxygen atoms in total. The first-order chi connectivity index (χ1) is 18.4. The number of benzene rings is 2. The van der Waals surface area contributed by atoms with Gasteiger partial charge < -0.3 is 30.5 Å². The van der Waals surface area contributed by atoms with Crippen molar-refractivity contribution in [2.75, 3.05) is 30.4 Å². The summed E-state index contributed by atoms with van der Waals surface area (Å²) in [7, 11) is 0. The smallest absolute Gasteiger partial charge is 0.329 e. The SMILES string of the molecule is CC1(C)C(NC(=O)Nc2ccc(NCCCCCOCC(=O)O)cc2)C(C)(C)C1Oc1ccc(C#N)c(Cl)c1. The van der Waals surface area contributed by atoms with Gasteiger partial charge in [-0.15, -0.1) is 0 Å². The van der Waals surface area contributed by atoms with E-state index in [1.165, 1.54) is 0 Å². The van der Waals surface area contributed by atoms with Crippen molar-refractivity contribution >= 4 is 35.0 Å². The minimum atomic E-state index is -0.951. The van der Waals surface area contributed by atoms with Crippen LogP contribution in [0.2, 0.25) is 5.02 Å². The molecule has 2 amide bonds. The Kier molecular flexibility index (Phi) is 10.1. The highest BCUT2D eigenvalue weighted by molar-refractivity contribution is 6.31. The Hall–Kier alpha value is -3.48. The summed E-state index contributed by atoms with van der Waals surface area (Å²) in [5.74, 6) is -0.361. The van der Waals surface area contributed by atoms with Crippen LogP contribution in [0, 0.1) is 22.2 Å². The third-order valence-electron chi connectivity index (χ3n) is 7.09. The highest BCUT2D eigenvalue weighted by Gasteiger charge is 2.64. The first-order valence-electron chi connectivity index (χ1n) is 13.0. The number of carbonyl (C=O) groups is 2. The zero-order valence-electron chi connectivity index (χ0n) is 22.8. The van der Waals surface area contributed by atoms with Gasteiger partial charge in [-0.1, -0.05) is 39.3 Å². The fraction of sp³-hybridized carbons (Fsp3) is 0.483. The molecule has 2 aromatic carbocycles. The van der Waals surface area contributed by atoms with Gasteiger partial charge in [0.1, 0.15) is 24.5 Å². The predicted octanol–water partition coefficient (Wildman–Crippen LogP) is 5.90. The summed E-state index contributed by atoms with van der Waals surface area (Å²) < 4.78 is 11.3. The first kappa shape index (κ1) is 30.1. The van der Waals surface area contributed by atoms with Gasteiger partial charge in [-0.25, -0.2) is 9.59 Å². The minimum Gasteiger partial charge on any atom is -0.489 e. The van der Waals surface area contributed by atoms with Crippen molar-refractivity contribution in [2.24, 2.45) is 10.8 Å². The Morgan fingerprint density at radius 2 is 1.69 bits per heavy atom. The number of urea groups is 1. The number of carbonyl (C=O) groups excluding carboxylic acids is 1. The Labute approximate surface area is 234 Å². The maximum atomic E-state index is 12.8. The molecule has 0 bridgehead atoms. The molecule has 1 aliphatic carbocycles. The van der Waals surface area contributed by atoms with Crippen LogP contribution in [0.4, 0.5) is 16.2 Å². The maximum Gasteiger partial charge on any atom is 0.329 e. The molecule has 1 aliphatic rings. The highest BCUT2D eigenvalue weighted by atomic mass is 35.5. The zero-order valence-corrected chi connectivity index (χ0v) is 23.6. The van der Waals surface area contributed by atoms with Gasteiger partial charge in [0, 0.05) is 47.5 Å². The summed E-state index contributed by atoms with van der Waals surface area (Å²) in [6, 6.07) is 14.2. The summed E-state index contributed by atoms with van der Waals surface area (Å²) in [6.45, 7) is 9.22. The lowest BCUT2D eigenvalue weighted by Gasteiger charge is -2.63. The number of nitrogens with zero attached hydrogens (tertiary/aromatic N) is 1. The Bertz CT molecular complexity index is 1180. The fourth-order valence-corrected chi connectivity index (χ4v) is 5.68. The van der Waals surface area contributed by atoms with Crippen LogP contribution >= 0.6 is 11.6 Å². The Balaban J connectivity index is 1.44. The van der Waals surface area contributed by atoms with Gasteiger partial charge in [-0.3, -0.25) is 0 Å². The van der Waals surface area contributed by atoms with Crippen molar-refractivity contribution in [1.29, 1.82) is 5.26 Å². The number of hydrogen-bond acceptors (Lipinski definition) is 6. The second-order valence-corrected chi connectivity index (χ2v) is 11.3. The molecule has 10 heteroatoms. The normalized spacial score (nSPS) is 18.8. The molecule has 210 valence electrons. The van der Waals surface area contributed by atoms with Gasteiger partial charge in [0.15, 0.2) is 0 Å². The number of hydrogen-bond donors (Lipinski definition) is 4. The minimum absolute atomic E-state index is 0.140. The number of amides is 2. The van der Waals surface area contributed by atoms with E-state index < -0.39 is 5.97 Å². The van der Waals surface area contributed by atoms with E-state index in [-0.39, 0.29) is 35.6 Å². The largest absolute Gasteiger partial charge is 0.489 e. The number of nitrogens with one attached hydrogen (secondary N) is 3. The lowest BCUT2D eigenvalue weighted by atomic mass is 9.49. The molecule has 4 N–H and O–H groups in total. The van der Waals surface area contributed by atoms with Gasteiger partial charge in [0.25, 0.3) is 0 Å². The van der Waals surface area contributed by atoms with Crippen molar-refractivity contribution in [3.8, 4) is 11.8 Å². The van der Waals surface area contributed by atoms with E-state index in [2.05, 4.69) is 43.6 Å². The quantitative estimate of drug-likeness (QED) is 0.226. The van der Waals surface area contributed by atoms with Crippen LogP contribution in [0.1, 0.15) is 52.5 Å². The van der Waals surface area contributed by atoms with E-state index in [4.69, 9.17) is 31.4 Å². The van der Waals surface area contributed by atoms with Crippen LogP contribution in [0.25, 0.3) is 0 Å². The standard InChI is InChI=1S/C29H37ClN4O5/c1-28(2)25(29(3,4)26(28)39-22-13-8-19(17-31)23(30)16-22)34-27(37)33-21-11-9-20(10-12-21)32-14-6-5-7-15-38-18-24(35)36/h8-13,16,25-26,32H,5-7,14-15,18H2,1-4H3,(H,35,36)(H2,33,34,37). The second-order valence-electron chi connectivity index (χ2n) is 10.9. The van der Waals surface area contributed by atoms with Gasteiger partial charge in [0.05, 0.1) is 10.6 Å². The predicted molar refractivity (Wildman–Crippen MR) is 151 cm³/mol. The van der Waals surface area contributed by atoms with E-state index in [1.807, 2.05) is 30.3 Å². The molecule has 0 heterocycles. The number of unbranched alkanes of at least 4 members (excludes halogenated alkanes) is 2. The summed E-state index contributed by atoms with van der Waals surface area (Å²) in [4.78, 5) is 23.2. The monoisotopic (exact) mass is 556 g/mol. The van der Waals surface area contributed by atoms with Gasteiger partial charge in [-0.05, 0) is 55.7 Å². The van der Waals surface area contributed by atoms with Crippen molar-refractivity contribution in [3.05, 3.63) is 53.1 Å². The average Bonchev–Trinajstić information content (AvgIpc) is 2.88. The Morgan fingerprint density at radius 3 is 2.31 bits per heavy atom. The van der Waals surface area contributed by atoms with E-state index in [0.29, 0.717) is 28.6 Å². The molecule has 0 spiro atoms. The Morgan fingerprint density at radius 1 is 1.03 bits per heavy atom. The van der Waals surface area contributed by atoms with E-state index in [9.17, 15) is 9.59 Å². The lowest BCUT2D eigenvalue weighted by Crippen LogP contribution is -2.75. The highest BCUT2D eigenvalue weighted by Crippen LogP contribution is 2.55. The molecule has 1 saturated carbocycles. The van der Waals surface area contributed by atoms with E-state index in [1.54, 1.807) is 18.2 Å². The van der Waals surface area contributed by atoms with Crippen LogP contribution in [0.3, 0.4) is 0 Å². The maximum absolute atomic E-state index is 12.8. The number of ether oxygens (including phenoxy) is 2. The van der Waals surface area contributed by atoms with Gasteiger partial charge in [0.2, 0.25) is 0 Å². The van der Waals surface area contributed by atoms with Crippen LogP contribution in [-0.2, 0) is 9.53 Å². The van der Waals surface area contributed by atoms with E-state index in [0.717, 1.165) is 31.5 Å². The number of carboxylic acid groups (broad SMARTS) is 1. The van der Waals surface area contributed by atoms with Crippen LogP contribution < -0.4 is 20.7 Å². The molecule has 0 unspecified atom stereocenters. The van der Waals surface area contributed by atoms with Crippen molar-refractivity contribution in [2.45, 2.75) is 59.1 Å². The van der Waals surface area contributed by atoms with Crippen molar-refractivity contribution < 1.29 is 24.2 Å². The van der Waals surface area contributed by atoms with Crippen LogP contribution in [-0.4, -0.2) is 49.0 Å². The second kappa shape index (κ2) is 13.0. The number of nitriles is 1. The van der Waals surface area contributed by atoms with Crippen LogP contribution in [0.15, 0.2) is 42.5 Å². The van der Waals surface area contributed by atoms with Crippen molar-refractivity contribution in [3.63, 3.8) is 0 Å². The molecule has 0 aromatic heterocycles. The third kappa shape index (κ3) is 7.78. The van der Waals surface area contributed by atoms with Crippen LogP contribution in [0.5, 0.6) is 5.75 Å². The topological polar surface area (TPSA) is 133 Å². The summed E-state index contributed by atoms with van der Waals surface area (Å²) in [5.41, 5.74) is 1.33. The molecule has 3 rings (SSSR count). The lowest BCUT2D eigenvalue weighted by molar-refractivity contribution is -0.163. The molecule has 1 fully saturated rings. The summed E-state index contributed by atoms with van der Waals surface area (Å²) in [6.07, 6.45) is 2.52. The number of halogens is 1. The molecule has 0 atom stereocenters. The molecule has 2 aromatic rings. The molecular weight excluding hydrogens is 520 g/mol. The molecule has 0 radical (unpaired) electrons. The summed E-state index contributed by atoms with van der Waals surface area (Å²) >= 11 is 6.17. The molecule has 0 aliphatic heterocycles. The fourth-order valence-electron chi connectivity index (χ4n) is 5.46. The third-order valence-corrected chi connectivity index (χ3v) is 7.41. The number of carboxylic acids is 1. The number of aliphatic carboxylic acids is 1. The zero-order chi connectivity index (χ0) is 28.6. The molecule has 39 heavy (non-hydrogen) atoms. The van der Waals surface area contributed by atoms with Gasteiger partial charge >= 0.3 is 12.0 Å². The van der Waals surface area contributed by atoms with Crippen molar-refractivity contribution in [1.82, 2.24) is 5.32 Å². The first-order valence-corrected chi connectivity index (χ1v) is 13.4. The number of anilines is 2. The molecular formula is C29H37ClN4O5. The van der Waals surface area contributed by atoms with Gasteiger partial charge in [-0.2, -0.15) is 5.26 Å². The van der Waals surface area contributed by atoms with E-state index >= 15 is 0 Å². The molecule has 0 saturated heterocycles. The number of rotatable bonds is 13.